The molecule has 0 saturated carbocycles. The molecule has 1 unspecified atom stereocenters. The van der Waals surface area contributed by atoms with Crippen LogP contribution in [0, 0.1) is 10.1 Å². The van der Waals surface area contributed by atoms with Crippen LogP contribution in [0.15, 0.2) is 66.9 Å². The molecule has 0 amide bonds. The Morgan fingerprint density at radius 2 is 1.68 bits per heavy atom. The Morgan fingerprint density at radius 1 is 1.10 bits per heavy atom. The Labute approximate surface area is 190 Å². The van der Waals surface area contributed by atoms with Gasteiger partial charge >= 0.3 is 11.7 Å². The van der Waals surface area contributed by atoms with Gasteiger partial charge in [-0.25, -0.2) is 4.98 Å². The van der Waals surface area contributed by atoms with Crippen LogP contribution < -0.4 is 15.8 Å². The second-order valence-electron chi connectivity index (χ2n) is 6.17. The number of nitro groups is 1. The molecule has 2 aromatic carbocycles. The summed E-state index contributed by atoms with van der Waals surface area (Å²) in [6, 6.07) is 15.8. The number of rotatable bonds is 8. The fourth-order valence-electron chi connectivity index (χ4n) is 2.55. The highest BCUT2D eigenvalue weighted by molar-refractivity contribution is 5.85. The van der Waals surface area contributed by atoms with Crippen LogP contribution in [-0.4, -0.2) is 27.0 Å². The van der Waals surface area contributed by atoms with Crippen molar-refractivity contribution >= 4 is 48.0 Å². The van der Waals surface area contributed by atoms with Crippen LogP contribution in [0.3, 0.4) is 0 Å². The van der Waals surface area contributed by atoms with Gasteiger partial charge in [0, 0.05) is 18.0 Å². The molecular formula is C20H20Cl2N4O5. The molecule has 1 heterocycles. The number of aromatic nitrogens is 1. The third-order valence-electron chi connectivity index (χ3n) is 4.03. The van der Waals surface area contributed by atoms with E-state index in [9.17, 15) is 14.9 Å². The van der Waals surface area contributed by atoms with Gasteiger partial charge in [0.1, 0.15) is 17.5 Å². The SMILES string of the molecule is Cl.Cl.NC(Cc1ccc(Oc2ccc(Nc3ncccc3[N+](=O)[O-])cc2)cc1)C(=O)O. The van der Waals surface area contributed by atoms with Crippen molar-refractivity contribution in [2.75, 3.05) is 5.32 Å². The van der Waals surface area contributed by atoms with E-state index in [0.29, 0.717) is 17.2 Å². The van der Waals surface area contributed by atoms with Crippen molar-refractivity contribution in [2.24, 2.45) is 5.73 Å². The fourth-order valence-corrected chi connectivity index (χ4v) is 2.55. The summed E-state index contributed by atoms with van der Waals surface area (Å²) in [6.45, 7) is 0. The second-order valence-corrected chi connectivity index (χ2v) is 6.17. The lowest BCUT2D eigenvalue weighted by atomic mass is 10.1. The zero-order valence-electron chi connectivity index (χ0n) is 16.0. The predicted molar refractivity (Wildman–Crippen MR) is 121 cm³/mol. The number of halogens is 2. The maximum atomic E-state index is 11.1. The number of benzene rings is 2. The molecule has 0 radical (unpaired) electrons. The average molecular weight is 467 g/mol. The number of hydrogen-bond acceptors (Lipinski definition) is 7. The first kappa shape index (κ1) is 25.6. The van der Waals surface area contributed by atoms with Crippen LogP contribution in [0.5, 0.6) is 11.5 Å². The molecule has 164 valence electrons. The van der Waals surface area contributed by atoms with Crippen LogP contribution in [0.25, 0.3) is 0 Å². The quantitative estimate of drug-likeness (QED) is 0.329. The summed E-state index contributed by atoms with van der Waals surface area (Å²) < 4.78 is 5.75. The van der Waals surface area contributed by atoms with Crippen molar-refractivity contribution in [2.45, 2.75) is 12.5 Å². The van der Waals surface area contributed by atoms with Gasteiger partial charge in [-0.15, -0.1) is 24.8 Å². The highest BCUT2D eigenvalue weighted by atomic mass is 35.5. The highest BCUT2D eigenvalue weighted by Gasteiger charge is 2.14. The van der Waals surface area contributed by atoms with Crippen molar-refractivity contribution < 1.29 is 19.6 Å². The van der Waals surface area contributed by atoms with Crippen molar-refractivity contribution in [3.05, 3.63) is 82.5 Å². The maximum absolute atomic E-state index is 11.1. The lowest BCUT2D eigenvalue weighted by Crippen LogP contribution is -2.32. The molecule has 11 heteroatoms. The first-order valence-electron chi connectivity index (χ1n) is 8.64. The van der Waals surface area contributed by atoms with E-state index in [1.54, 1.807) is 48.5 Å². The Hall–Kier alpha value is -3.40. The minimum Gasteiger partial charge on any atom is -0.480 e. The molecule has 0 aliphatic rings. The topological polar surface area (TPSA) is 141 Å². The van der Waals surface area contributed by atoms with Crippen LogP contribution in [0.4, 0.5) is 17.2 Å². The predicted octanol–water partition coefficient (Wildman–Crippen LogP) is 4.32. The molecule has 0 fully saturated rings. The van der Waals surface area contributed by atoms with Gasteiger partial charge in [0.25, 0.3) is 0 Å². The first-order valence-corrected chi connectivity index (χ1v) is 8.64. The Bertz CT molecular complexity index is 1020. The van der Waals surface area contributed by atoms with Gasteiger partial charge in [0.15, 0.2) is 0 Å². The number of carboxylic acids is 1. The minimum atomic E-state index is -1.05. The molecule has 0 spiro atoms. The van der Waals surface area contributed by atoms with Gasteiger partial charge in [-0.3, -0.25) is 14.9 Å². The number of nitrogens with one attached hydrogen (secondary N) is 1. The number of aliphatic carboxylic acids is 1. The van der Waals surface area contributed by atoms with E-state index >= 15 is 0 Å². The number of carbonyl (C=O) groups is 1. The lowest BCUT2D eigenvalue weighted by molar-refractivity contribution is -0.384. The van der Waals surface area contributed by atoms with Gasteiger partial charge in [-0.2, -0.15) is 0 Å². The number of hydrogen-bond donors (Lipinski definition) is 3. The number of carboxylic acid groups (broad SMARTS) is 1. The average Bonchev–Trinajstić information content (AvgIpc) is 2.71. The first-order chi connectivity index (χ1) is 13.9. The van der Waals surface area contributed by atoms with Crippen LogP contribution in [0.1, 0.15) is 5.56 Å². The molecule has 1 atom stereocenters. The van der Waals surface area contributed by atoms with E-state index in [2.05, 4.69) is 10.3 Å². The second kappa shape index (κ2) is 11.7. The van der Waals surface area contributed by atoms with E-state index in [4.69, 9.17) is 15.6 Å². The highest BCUT2D eigenvalue weighted by Crippen LogP contribution is 2.27. The normalized spacial score (nSPS) is 10.7. The molecule has 0 aliphatic heterocycles. The van der Waals surface area contributed by atoms with E-state index in [1.165, 1.54) is 18.3 Å². The molecule has 0 saturated heterocycles. The fraction of sp³-hybridized carbons (Fsp3) is 0.100. The standard InChI is InChI=1S/C20H18N4O5.2ClH/c21-17(20(25)26)12-13-3-7-15(8-4-13)29-16-9-5-14(6-10-16)23-19-18(24(27)28)2-1-11-22-19;;/h1-11,17H,12,21H2,(H,22,23)(H,25,26);2*1H. The zero-order valence-corrected chi connectivity index (χ0v) is 17.6. The van der Waals surface area contributed by atoms with E-state index < -0.39 is 16.9 Å². The molecule has 1 aromatic heterocycles. The number of pyridine rings is 1. The maximum Gasteiger partial charge on any atom is 0.320 e. The van der Waals surface area contributed by atoms with Gasteiger partial charge in [0.05, 0.1) is 4.92 Å². The third kappa shape index (κ3) is 7.10. The molecule has 3 aromatic rings. The summed E-state index contributed by atoms with van der Waals surface area (Å²) in [4.78, 5) is 25.4. The van der Waals surface area contributed by atoms with Gasteiger partial charge in [0.2, 0.25) is 5.82 Å². The summed E-state index contributed by atoms with van der Waals surface area (Å²) in [6.07, 6.45) is 1.70. The van der Waals surface area contributed by atoms with Gasteiger partial charge < -0.3 is 20.9 Å². The van der Waals surface area contributed by atoms with E-state index in [-0.39, 0.29) is 42.7 Å². The van der Waals surface area contributed by atoms with Gasteiger partial charge in [-0.05, 0) is 54.4 Å². The molecule has 3 rings (SSSR count). The van der Waals surface area contributed by atoms with Crippen LogP contribution >= 0.6 is 24.8 Å². The molecule has 0 aliphatic carbocycles. The van der Waals surface area contributed by atoms with Crippen molar-refractivity contribution in [1.29, 1.82) is 0 Å². The molecular weight excluding hydrogens is 447 g/mol. The summed E-state index contributed by atoms with van der Waals surface area (Å²) in [5.41, 5.74) is 6.83. The van der Waals surface area contributed by atoms with Crippen LogP contribution in [0.2, 0.25) is 0 Å². The largest absolute Gasteiger partial charge is 0.480 e. The number of nitrogens with two attached hydrogens (primary N) is 1. The molecule has 4 N–H and O–H groups in total. The number of anilines is 2. The monoisotopic (exact) mass is 466 g/mol. The Kier molecular flexibility index (Phi) is 9.68. The van der Waals surface area contributed by atoms with Gasteiger partial charge in [-0.1, -0.05) is 12.1 Å². The van der Waals surface area contributed by atoms with E-state index in [1.807, 2.05) is 0 Å². The number of nitrogens with zero attached hydrogens (tertiary/aromatic N) is 2. The number of ether oxygens (including phenoxy) is 1. The van der Waals surface area contributed by atoms with Crippen molar-refractivity contribution in [1.82, 2.24) is 4.98 Å². The zero-order chi connectivity index (χ0) is 20.8. The third-order valence-corrected chi connectivity index (χ3v) is 4.03. The van der Waals surface area contributed by atoms with E-state index in [0.717, 1.165) is 5.56 Å². The summed E-state index contributed by atoms with van der Waals surface area (Å²) in [5.74, 6) is 0.260. The van der Waals surface area contributed by atoms with Crippen LogP contribution in [-0.2, 0) is 11.2 Å². The minimum absolute atomic E-state index is 0. The lowest BCUT2D eigenvalue weighted by Gasteiger charge is -2.10. The smallest absolute Gasteiger partial charge is 0.320 e. The molecule has 9 nitrogen and oxygen atoms in total. The molecule has 31 heavy (non-hydrogen) atoms. The van der Waals surface area contributed by atoms with Crippen molar-refractivity contribution in [3.63, 3.8) is 0 Å². The van der Waals surface area contributed by atoms with Crippen molar-refractivity contribution in [3.8, 4) is 11.5 Å². The molecule has 0 bridgehead atoms. The summed E-state index contributed by atoms with van der Waals surface area (Å²) in [7, 11) is 0. The summed E-state index contributed by atoms with van der Waals surface area (Å²) >= 11 is 0. The summed E-state index contributed by atoms with van der Waals surface area (Å²) in [5, 5.41) is 22.8. The Balaban J connectivity index is 0.00000240. The Morgan fingerprint density at radius 3 is 2.23 bits per heavy atom.